The van der Waals surface area contributed by atoms with E-state index in [0.29, 0.717) is 118 Å². The fourth-order valence-corrected chi connectivity index (χ4v) is 14.8. The van der Waals surface area contributed by atoms with Gasteiger partial charge >= 0.3 is 24.6 Å². The Balaban J connectivity index is 0.000000167. The van der Waals surface area contributed by atoms with E-state index in [2.05, 4.69) is 81.6 Å². The van der Waals surface area contributed by atoms with E-state index in [9.17, 15) is 68.1 Å². The molecule has 3 aliphatic rings. The number of hydrogen-bond acceptors (Lipinski definition) is 15. The number of rotatable bonds is 16. The highest BCUT2D eigenvalue weighted by Gasteiger charge is 2.37. The van der Waals surface area contributed by atoms with Gasteiger partial charge in [0.05, 0.1) is 47.7 Å². The Kier molecular flexibility index (Phi) is 27.6. The van der Waals surface area contributed by atoms with E-state index in [1.54, 1.807) is 129 Å². The zero-order chi connectivity index (χ0) is 86.3. The van der Waals surface area contributed by atoms with Crippen molar-refractivity contribution >= 4 is 64.5 Å². The average Bonchev–Trinajstić information content (AvgIpc) is 1.62. The van der Waals surface area contributed by atoms with Gasteiger partial charge in [-0.1, -0.05) is 102 Å². The lowest BCUT2D eigenvalue weighted by molar-refractivity contribution is -0.139. The van der Waals surface area contributed by atoms with Gasteiger partial charge in [-0.2, -0.15) is 39.5 Å². The number of benzene rings is 7. The molecule has 0 bridgehead atoms. The number of hydrogen-bond donors (Lipinski definition) is 5. The number of nitrogens with two attached hydrogens (primary N) is 1. The first-order valence-corrected chi connectivity index (χ1v) is 40.9. The number of imidazole rings is 1. The van der Waals surface area contributed by atoms with Gasteiger partial charge in [0, 0.05) is 194 Å². The second-order valence-electron chi connectivity index (χ2n) is 29.6. The Hall–Kier alpha value is -13.1. The number of piperazine rings is 2. The second-order valence-corrected chi connectivity index (χ2v) is 33.0. The van der Waals surface area contributed by atoms with E-state index >= 15 is 0 Å². The molecule has 4 amide bonds. The van der Waals surface area contributed by atoms with Gasteiger partial charge in [-0.3, -0.25) is 43.8 Å². The van der Waals surface area contributed by atoms with Gasteiger partial charge in [0.25, 0.3) is 11.8 Å². The van der Waals surface area contributed by atoms with Crippen LogP contribution in [0.25, 0.3) is 16.5 Å². The van der Waals surface area contributed by atoms with E-state index in [0.717, 1.165) is 65.0 Å². The van der Waals surface area contributed by atoms with Crippen LogP contribution in [0.1, 0.15) is 120 Å². The highest BCUT2D eigenvalue weighted by Crippen LogP contribution is 2.39. The van der Waals surface area contributed by atoms with Crippen molar-refractivity contribution in [2.75, 3.05) is 94.5 Å². The molecule has 0 saturated carbocycles. The van der Waals surface area contributed by atoms with Crippen molar-refractivity contribution in [3.8, 4) is 47.0 Å². The summed E-state index contributed by atoms with van der Waals surface area (Å²) in [6.45, 7) is 14.8. The smallest absolute Gasteiger partial charge is 0.416 e. The first-order chi connectivity index (χ1) is 57.6. The Morgan fingerprint density at radius 2 is 1.13 bits per heavy atom. The van der Waals surface area contributed by atoms with Gasteiger partial charge in [-0.25, -0.2) is 14.8 Å². The van der Waals surface area contributed by atoms with Crippen molar-refractivity contribution in [1.29, 1.82) is 0 Å². The molecule has 3 aliphatic heterocycles. The third-order valence-corrected chi connectivity index (χ3v) is 20.9. The van der Waals surface area contributed by atoms with Crippen LogP contribution in [0.2, 0.25) is 0 Å². The van der Waals surface area contributed by atoms with Gasteiger partial charge in [0.1, 0.15) is 0 Å². The van der Waals surface area contributed by atoms with Gasteiger partial charge in [0.15, 0.2) is 29.7 Å². The maximum absolute atomic E-state index is 14.1. The summed E-state index contributed by atoms with van der Waals surface area (Å²) in [6.07, 6.45) is -1.22. The molecule has 14 rings (SSSR count). The van der Waals surface area contributed by atoms with Crippen molar-refractivity contribution < 1.29 is 72.8 Å². The number of ether oxygens (including phenoxy) is 1. The van der Waals surface area contributed by atoms with Crippen molar-refractivity contribution in [3.05, 3.63) is 301 Å². The van der Waals surface area contributed by atoms with Crippen LogP contribution in [-0.2, 0) is 53.8 Å². The Bertz CT molecular complexity index is 5990. The van der Waals surface area contributed by atoms with Crippen LogP contribution in [0.3, 0.4) is 0 Å². The van der Waals surface area contributed by atoms with Crippen molar-refractivity contribution in [2.45, 2.75) is 65.2 Å². The monoisotopic (exact) mass is 1670 g/mol. The number of ketones is 2. The van der Waals surface area contributed by atoms with E-state index in [1.165, 1.54) is 47.7 Å². The van der Waals surface area contributed by atoms with E-state index in [1.807, 2.05) is 42.7 Å². The maximum Gasteiger partial charge on any atom is 0.416 e. The highest BCUT2D eigenvalue weighted by atomic mass is 31.2. The van der Waals surface area contributed by atoms with Crippen LogP contribution < -0.4 is 31.7 Å². The lowest BCUT2D eigenvalue weighted by Crippen LogP contribution is -2.46. The molecule has 121 heavy (non-hydrogen) atoms. The van der Waals surface area contributed by atoms with Crippen LogP contribution in [0, 0.1) is 56.3 Å². The van der Waals surface area contributed by atoms with E-state index in [4.69, 9.17) is 10.5 Å². The minimum atomic E-state index is -4.65. The number of carbonyl (C=O) groups excluding carboxylic acids is 5. The number of nitrogens with zero attached hydrogens (tertiary/aromatic N) is 8. The molecule has 20 nitrogen and oxygen atoms in total. The number of anilines is 3. The highest BCUT2D eigenvalue weighted by molar-refractivity contribution is 7.62. The minimum absolute atomic E-state index is 0.108. The summed E-state index contributed by atoms with van der Waals surface area (Å²) < 4.78 is 144. The summed E-state index contributed by atoms with van der Waals surface area (Å²) >= 11 is 0. The van der Waals surface area contributed by atoms with Gasteiger partial charge in [-0.05, 0) is 146 Å². The van der Waals surface area contributed by atoms with E-state index < -0.39 is 54.3 Å². The van der Waals surface area contributed by atoms with Crippen LogP contribution in [0.4, 0.5) is 61.5 Å². The molecule has 7 aromatic carbocycles. The van der Waals surface area contributed by atoms with Crippen LogP contribution in [-0.4, -0.2) is 147 Å². The SMILES string of the molecule is Cc1ccc(C(=O)Cc2ccc(CN3CCN(CP(C)(C)=O)CC3)c(C(F)(F)F)c2)cc1C#Cc1cnc2c(c1)OCC(=O)N2.Cc1ccc(C(=O)Cc2ccc(CN3CCNCC3)c(C(F)(F)F)c2)cc1C#Cc1cccnc1.Cc1ccc(NC(=O)c2cc(-n3ccnc3)cc(C(F)(F)F)c2)cc1C#Cc1cncc2c(NC(N)=O)cccc12. The Morgan fingerprint density at radius 3 is 1.71 bits per heavy atom. The molecule has 11 aromatic rings. The molecule has 0 radical (unpaired) electrons. The summed E-state index contributed by atoms with van der Waals surface area (Å²) in [5.41, 5.74) is 11.9. The fraction of sp³-hybridized carbons (Fsp3) is 0.242. The van der Waals surface area contributed by atoms with Crippen molar-refractivity contribution in [1.82, 2.24) is 44.5 Å². The van der Waals surface area contributed by atoms with Gasteiger partial charge in [0.2, 0.25) is 0 Å². The molecule has 30 heteroatoms. The molecular weight excluding hydrogens is 1590 g/mol. The maximum atomic E-state index is 14.1. The van der Waals surface area contributed by atoms with Crippen LogP contribution >= 0.6 is 7.14 Å². The molecule has 0 spiro atoms. The molecule has 0 unspecified atom stereocenters. The number of amides is 4. The van der Waals surface area contributed by atoms with Crippen molar-refractivity contribution in [2.24, 2.45) is 5.73 Å². The first-order valence-electron chi connectivity index (χ1n) is 38.1. The molecule has 6 N–H and O–H groups in total. The number of aryl methyl sites for hydroxylation is 3. The number of alkyl halides is 9. The summed E-state index contributed by atoms with van der Waals surface area (Å²) in [5, 5.41) is 12.5. The summed E-state index contributed by atoms with van der Waals surface area (Å²) in [6, 6.07) is 36.7. The predicted molar refractivity (Wildman–Crippen MR) is 444 cm³/mol. The number of nitrogens with one attached hydrogen (secondary N) is 4. The topological polar surface area (TPSA) is 252 Å². The largest absolute Gasteiger partial charge is 0.480 e. The van der Waals surface area contributed by atoms with Crippen LogP contribution in [0.5, 0.6) is 5.75 Å². The number of aromatic nitrogens is 5. The summed E-state index contributed by atoms with van der Waals surface area (Å²) in [5.74, 6) is 17.4. The number of pyridine rings is 3. The number of primary amides is 1. The molecule has 620 valence electrons. The number of fused-ring (bicyclic) bond motifs is 2. The van der Waals surface area contributed by atoms with Crippen LogP contribution in [0.15, 0.2) is 195 Å². The second kappa shape index (κ2) is 38.3. The number of halogens is 9. The molecule has 2 saturated heterocycles. The number of Topliss-reactive ketones (excluding diaryl/α,β-unsaturated/α-hetero) is 2. The lowest BCUT2D eigenvalue weighted by Gasteiger charge is -2.35. The zero-order valence-electron chi connectivity index (χ0n) is 66.2. The number of carbonyl (C=O) groups is 5. The van der Waals surface area contributed by atoms with Gasteiger partial charge < -0.3 is 40.9 Å². The van der Waals surface area contributed by atoms with Gasteiger partial charge in [-0.15, -0.1) is 0 Å². The quantitative estimate of drug-likeness (QED) is 0.0261. The molecule has 7 heterocycles. The molecule has 0 aliphatic carbocycles. The summed E-state index contributed by atoms with van der Waals surface area (Å²) in [4.78, 5) is 84.4. The first kappa shape index (κ1) is 87.2. The zero-order valence-corrected chi connectivity index (χ0v) is 67.1. The summed E-state index contributed by atoms with van der Waals surface area (Å²) in [7, 11) is -2.21. The minimum Gasteiger partial charge on any atom is -0.480 e. The Labute approximate surface area is 691 Å². The lowest BCUT2D eigenvalue weighted by atomic mass is 9.96. The molecular formula is C91H81F9N13O7P. The molecule has 0 atom stereocenters. The number of urea groups is 1. The molecule has 4 aromatic heterocycles. The third kappa shape index (κ3) is 24.1. The standard InChI is InChI=1S/C33H34F3N4O4P.C30H21F3N6O2.C28H26F3N3O/c1-22-4-7-26(17-25(22)8-6-24-16-30-32(37-18-24)38-31(42)20-44-30)29(41)15-23-5-9-27(28(14-23)33(34,35)36)19-39-10-12-40(13-11-39)21-45(2,3)43;1-18-5-8-23(37-28(40)21-11-22(30(31,32)33)14-24(13-21)39-10-9-35-17-39)12-19(18)6-7-20-15-36-16-26-25(20)3-2-4-27(26)38-29(34)41;1-20-4-7-24(17-23(20)8-5-21-3-2-10-33-18-21)27(35)16-22-6-9-25(26(15-22)28(29,30)31)19-34-13-11-32-12-14-34/h4-5,7,9,14,16-18H,10-13,15,19-21H2,1-3H3,(H,37,38,42);2-5,8-17H,1H3,(H,37,40)(H3,34,38,41);2-4,6-7,9-10,15,17-18,32H,11-14,16,19H2,1H3. The Morgan fingerprint density at radius 1 is 0.545 bits per heavy atom. The predicted octanol–water partition coefficient (Wildman–Crippen LogP) is 15.8. The third-order valence-electron chi connectivity index (χ3n) is 19.8. The normalized spacial score (nSPS) is 13.8. The van der Waals surface area contributed by atoms with E-state index in [-0.39, 0.29) is 78.0 Å². The molecule has 2 fully saturated rings. The fourth-order valence-electron chi connectivity index (χ4n) is 13.5. The average molecular weight is 1670 g/mol. The van der Waals surface area contributed by atoms with Crippen molar-refractivity contribution in [3.63, 3.8) is 0 Å².